The van der Waals surface area contributed by atoms with Gasteiger partial charge in [0, 0.05) is 5.56 Å². The van der Waals surface area contributed by atoms with Crippen LogP contribution in [-0.4, -0.2) is 40.8 Å². The monoisotopic (exact) mass is 324 g/mol. The Labute approximate surface area is 126 Å². The predicted molar refractivity (Wildman–Crippen MR) is 76.9 cm³/mol. The highest BCUT2D eigenvalue weighted by molar-refractivity contribution is 7.91. The molecule has 116 valence electrons. The maximum atomic E-state index is 13.0. The Kier molecular flexibility index (Phi) is 3.48. The summed E-state index contributed by atoms with van der Waals surface area (Å²) >= 11 is 0. The van der Waals surface area contributed by atoms with Gasteiger partial charge in [-0.15, -0.1) is 0 Å². The Morgan fingerprint density at radius 2 is 2.00 bits per heavy atom. The largest absolute Gasteiger partial charge is 0.476 e. The summed E-state index contributed by atoms with van der Waals surface area (Å²) in [6.45, 7) is 0. The van der Waals surface area contributed by atoms with E-state index >= 15 is 0 Å². The number of carboxylic acids is 1. The van der Waals surface area contributed by atoms with Gasteiger partial charge >= 0.3 is 5.97 Å². The zero-order chi connectivity index (χ0) is 15.9. The Balaban J connectivity index is 2.08. The SMILES string of the molecule is O=C(O)c1cc(-c2ccc(F)cc2)n(C2CCS(=O)(=O)C2)n1. The lowest BCUT2D eigenvalue weighted by molar-refractivity contribution is 0.0689. The van der Waals surface area contributed by atoms with Gasteiger partial charge in [0.15, 0.2) is 15.5 Å². The first kappa shape index (κ1) is 14.7. The number of halogens is 1. The second-order valence-corrected chi connectivity index (χ2v) is 7.46. The van der Waals surface area contributed by atoms with E-state index in [2.05, 4.69) is 5.10 Å². The summed E-state index contributed by atoms with van der Waals surface area (Å²) in [6, 6.07) is 6.52. The number of aromatic carboxylic acids is 1. The van der Waals surface area contributed by atoms with E-state index in [4.69, 9.17) is 5.11 Å². The Morgan fingerprint density at radius 3 is 2.55 bits per heavy atom. The van der Waals surface area contributed by atoms with E-state index in [0.29, 0.717) is 17.7 Å². The summed E-state index contributed by atoms with van der Waals surface area (Å²) in [5, 5.41) is 13.1. The van der Waals surface area contributed by atoms with Crippen LogP contribution in [0.1, 0.15) is 23.0 Å². The van der Waals surface area contributed by atoms with E-state index in [1.54, 1.807) is 0 Å². The molecular weight excluding hydrogens is 311 g/mol. The van der Waals surface area contributed by atoms with Gasteiger partial charge in [-0.25, -0.2) is 17.6 Å². The van der Waals surface area contributed by atoms with Crippen molar-refractivity contribution in [3.63, 3.8) is 0 Å². The van der Waals surface area contributed by atoms with E-state index in [1.165, 1.54) is 35.0 Å². The first-order valence-corrected chi connectivity index (χ1v) is 8.47. The molecule has 22 heavy (non-hydrogen) atoms. The van der Waals surface area contributed by atoms with Crippen molar-refractivity contribution >= 4 is 15.8 Å². The summed E-state index contributed by atoms with van der Waals surface area (Å²) in [5.74, 6) is -1.61. The second kappa shape index (κ2) is 5.20. The van der Waals surface area contributed by atoms with Crippen LogP contribution < -0.4 is 0 Å². The summed E-state index contributed by atoms with van der Waals surface area (Å²) in [7, 11) is -3.13. The number of carboxylic acid groups (broad SMARTS) is 1. The molecule has 1 aromatic heterocycles. The zero-order valence-electron chi connectivity index (χ0n) is 11.4. The van der Waals surface area contributed by atoms with Crippen molar-refractivity contribution in [1.29, 1.82) is 0 Å². The summed E-state index contributed by atoms with van der Waals surface area (Å²) in [4.78, 5) is 11.1. The van der Waals surface area contributed by atoms with Crippen LogP contribution in [0.15, 0.2) is 30.3 Å². The smallest absolute Gasteiger partial charge is 0.356 e. The number of benzene rings is 1. The molecular formula is C14H13FN2O4S. The van der Waals surface area contributed by atoms with E-state index in [9.17, 15) is 17.6 Å². The Morgan fingerprint density at radius 1 is 1.32 bits per heavy atom. The molecule has 0 saturated carbocycles. The van der Waals surface area contributed by atoms with Crippen molar-refractivity contribution in [2.75, 3.05) is 11.5 Å². The molecule has 8 heteroatoms. The van der Waals surface area contributed by atoms with Crippen molar-refractivity contribution in [3.8, 4) is 11.3 Å². The van der Waals surface area contributed by atoms with Crippen molar-refractivity contribution in [2.45, 2.75) is 12.5 Å². The minimum Gasteiger partial charge on any atom is -0.476 e. The molecule has 0 spiro atoms. The van der Waals surface area contributed by atoms with Crippen LogP contribution in [0, 0.1) is 5.82 Å². The lowest BCUT2D eigenvalue weighted by Gasteiger charge is -2.13. The third-order valence-corrected chi connectivity index (χ3v) is 5.40. The highest BCUT2D eigenvalue weighted by Crippen LogP contribution is 2.30. The second-order valence-electron chi connectivity index (χ2n) is 5.23. The van der Waals surface area contributed by atoms with Crippen molar-refractivity contribution in [2.24, 2.45) is 0 Å². The molecule has 1 aliphatic rings. The highest BCUT2D eigenvalue weighted by atomic mass is 32.2. The third-order valence-electron chi connectivity index (χ3n) is 3.65. The number of rotatable bonds is 3. The quantitative estimate of drug-likeness (QED) is 0.929. The summed E-state index contributed by atoms with van der Waals surface area (Å²) < 4.78 is 37.8. The number of hydrogen-bond donors (Lipinski definition) is 1. The molecule has 0 bridgehead atoms. The number of nitrogens with zero attached hydrogens (tertiary/aromatic N) is 2. The fourth-order valence-electron chi connectivity index (χ4n) is 2.58. The number of carbonyl (C=O) groups is 1. The predicted octanol–water partition coefficient (Wildman–Crippen LogP) is 1.75. The molecule has 3 rings (SSSR count). The molecule has 2 heterocycles. The van der Waals surface area contributed by atoms with Gasteiger partial charge in [0.1, 0.15) is 5.82 Å². The van der Waals surface area contributed by atoms with Crippen LogP contribution in [0.3, 0.4) is 0 Å². The van der Waals surface area contributed by atoms with E-state index < -0.39 is 27.7 Å². The normalized spacial score (nSPS) is 20.1. The van der Waals surface area contributed by atoms with Gasteiger partial charge in [0.25, 0.3) is 0 Å². The molecule has 1 unspecified atom stereocenters. The summed E-state index contributed by atoms with van der Waals surface area (Å²) in [6.07, 6.45) is 0.386. The highest BCUT2D eigenvalue weighted by Gasteiger charge is 2.32. The fraction of sp³-hybridized carbons (Fsp3) is 0.286. The minimum atomic E-state index is -3.13. The van der Waals surface area contributed by atoms with Crippen LogP contribution in [0.2, 0.25) is 0 Å². The molecule has 1 aromatic carbocycles. The average molecular weight is 324 g/mol. The number of aromatic nitrogens is 2. The molecule has 1 atom stereocenters. The molecule has 1 aliphatic heterocycles. The lowest BCUT2D eigenvalue weighted by atomic mass is 10.1. The first-order chi connectivity index (χ1) is 10.4. The van der Waals surface area contributed by atoms with E-state index in [0.717, 1.165) is 0 Å². The minimum absolute atomic E-state index is 0.0583. The molecule has 1 saturated heterocycles. The number of hydrogen-bond acceptors (Lipinski definition) is 4. The van der Waals surface area contributed by atoms with Crippen molar-refractivity contribution in [1.82, 2.24) is 9.78 Å². The van der Waals surface area contributed by atoms with Gasteiger partial charge in [-0.3, -0.25) is 4.68 Å². The molecule has 1 fully saturated rings. The Hall–Kier alpha value is -2.22. The third kappa shape index (κ3) is 2.74. The van der Waals surface area contributed by atoms with Crippen molar-refractivity contribution in [3.05, 3.63) is 41.8 Å². The van der Waals surface area contributed by atoms with Gasteiger partial charge in [0.05, 0.1) is 23.2 Å². The van der Waals surface area contributed by atoms with Gasteiger partial charge in [0.2, 0.25) is 0 Å². The van der Waals surface area contributed by atoms with Gasteiger partial charge in [-0.2, -0.15) is 5.10 Å². The topological polar surface area (TPSA) is 89.3 Å². The fourth-order valence-corrected chi connectivity index (χ4v) is 4.27. The van der Waals surface area contributed by atoms with Gasteiger partial charge in [-0.1, -0.05) is 0 Å². The zero-order valence-corrected chi connectivity index (χ0v) is 12.3. The maximum absolute atomic E-state index is 13.0. The average Bonchev–Trinajstić information content (AvgIpc) is 3.03. The van der Waals surface area contributed by atoms with E-state index in [-0.39, 0.29) is 17.2 Å². The van der Waals surface area contributed by atoms with Gasteiger partial charge in [-0.05, 0) is 36.8 Å². The van der Waals surface area contributed by atoms with Crippen molar-refractivity contribution < 1.29 is 22.7 Å². The van der Waals surface area contributed by atoms with Crippen LogP contribution in [0.25, 0.3) is 11.3 Å². The molecule has 0 radical (unpaired) electrons. The molecule has 1 N–H and O–H groups in total. The van der Waals surface area contributed by atoms with Crippen LogP contribution in [-0.2, 0) is 9.84 Å². The summed E-state index contributed by atoms with van der Waals surface area (Å²) in [5.41, 5.74) is 0.897. The van der Waals surface area contributed by atoms with Gasteiger partial charge < -0.3 is 5.11 Å². The van der Waals surface area contributed by atoms with Crippen LogP contribution in [0.4, 0.5) is 4.39 Å². The molecule has 6 nitrogen and oxygen atoms in total. The lowest BCUT2D eigenvalue weighted by Crippen LogP contribution is -2.14. The molecule has 0 amide bonds. The molecule has 2 aromatic rings. The van der Waals surface area contributed by atoms with Crippen LogP contribution in [0.5, 0.6) is 0 Å². The first-order valence-electron chi connectivity index (χ1n) is 6.65. The Bertz CT molecular complexity index is 827. The van der Waals surface area contributed by atoms with Crippen LogP contribution >= 0.6 is 0 Å². The molecule has 0 aliphatic carbocycles. The number of sulfone groups is 1. The maximum Gasteiger partial charge on any atom is 0.356 e. The van der Waals surface area contributed by atoms with E-state index in [1.807, 2.05) is 0 Å². The standard InChI is InChI=1S/C14H13FN2O4S/c15-10-3-1-9(2-4-10)13-7-12(14(18)19)16-17(13)11-5-6-22(20,21)8-11/h1-4,7,11H,5-6,8H2,(H,18,19).